The van der Waals surface area contributed by atoms with Crippen LogP contribution in [-0.4, -0.2) is 42.9 Å². The number of morpholine rings is 1. The fourth-order valence-corrected chi connectivity index (χ4v) is 3.76. The molecule has 3 nitrogen and oxygen atoms in total. The third kappa shape index (κ3) is 4.18. The molecule has 146 valence electrons. The third-order valence-corrected chi connectivity index (χ3v) is 5.21. The van der Waals surface area contributed by atoms with Crippen molar-refractivity contribution in [1.82, 2.24) is 4.90 Å². The first kappa shape index (κ1) is 19.9. The minimum atomic E-state index is -4.54. The van der Waals surface area contributed by atoms with Crippen LogP contribution in [0.15, 0.2) is 54.6 Å². The molecule has 1 fully saturated rings. The molecule has 6 heteroatoms. The molecule has 0 spiro atoms. The lowest BCUT2D eigenvalue weighted by Crippen LogP contribution is -2.46. The van der Waals surface area contributed by atoms with Crippen molar-refractivity contribution in [2.75, 3.05) is 32.8 Å². The predicted octanol–water partition coefficient (Wildman–Crippen LogP) is 3.91. The van der Waals surface area contributed by atoms with E-state index in [2.05, 4.69) is 4.90 Å². The first-order valence-electron chi connectivity index (χ1n) is 9.08. The smallest absolute Gasteiger partial charge is 0.380 e. The average molecular weight is 379 g/mol. The number of aliphatic hydroxyl groups is 1. The molecule has 0 aromatic heterocycles. The maximum atomic E-state index is 13.7. The molecule has 2 atom stereocenters. The van der Waals surface area contributed by atoms with Crippen LogP contribution in [0.3, 0.4) is 0 Å². The molecule has 0 radical (unpaired) electrons. The van der Waals surface area contributed by atoms with Crippen molar-refractivity contribution >= 4 is 0 Å². The monoisotopic (exact) mass is 379 g/mol. The number of halogens is 3. The largest absolute Gasteiger partial charge is 0.416 e. The summed E-state index contributed by atoms with van der Waals surface area (Å²) < 4.78 is 46.4. The van der Waals surface area contributed by atoms with E-state index in [0.29, 0.717) is 38.4 Å². The summed E-state index contributed by atoms with van der Waals surface area (Å²) in [5.74, 6) is -0.457. The summed E-state index contributed by atoms with van der Waals surface area (Å²) in [6, 6.07) is 13.9. The van der Waals surface area contributed by atoms with Crippen molar-refractivity contribution in [3.8, 4) is 0 Å². The van der Waals surface area contributed by atoms with Crippen LogP contribution < -0.4 is 0 Å². The number of benzene rings is 2. The van der Waals surface area contributed by atoms with Crippen molar-refractivity contribution in [3.63, 3.8) is 0 Å². The molecule has 1 aliphatic rings. The Morgan fingerprint density at radius 2 is 1.52 bits per heavy atom. The van der Waals surface area contributed by atoms with Gasteiger partial charge in [-0.05, 0) is 11.6 Å². The van der Waals surface area contributed by atoms with Gasteiger partial charge in [-0.25, -0.2) is 0 Å². The van der Waals surface area contributed by atoms with Crippen LogP contribution in [0.25, 0.3) is 0 Å². The zero-order chi connectivity index (χ0) is 19.5. The van der Waals surface area contributed by atoms with Gasteiger partial charge in [0.2, 0.25) is 0 Å². The van der Waals surface area contributed by atoms with E-state index in [0.717, 1.165) is 6.07 Å². The Labute approximate surface area is 157 Å². The highest BCUT2D eigenvalue weighted by Crippen LogP contribution is 2.43. The van der Waals surface area contributed by atoms with Crippen molar-refractivity contribution < 1.29 is 23.0 Å². The number of ether oxygens (including phenoxy) is 1. The Morgan fingerprint density at radius 3 is 2.11 bits per heavy atom. The van der Waals surface area contributed by atoms with Gasteiger partial charge in [-0.3, -0.25) is 4.90 Å². The summed E-state index contributed by atoms with van der Waals surface area (Å²) in [6.07, 6.45) is -4.54. The maximum absolute atomic E-state index is 13.7. The molecular weight excluding hydrogens is 355 g/mol. The van der Waals surface area contributed by atoms with Crippen LogP contribution in [0.2, 0.25) is 0 Å². The first-order chi connectivity index (χ1) is 12.8. The van der Waals surface area contributed by atoms with Gasteiger partial charge in [-0.15, -0.1) is 0 Å². The standard InChI is InChI=1S/C21H24F3NO2/c1-16(15-25-11-13-27-14-12-25)20(26,17-7-3-2-4-8-17)18-9-5-6-10-19(18)21(22,23)24/h2-10,16,26H,11-15H2,1H3. The fourth-order valence-electron chi connectivity index (χ4n) is 3.76. The summed E-state index contributed by atoms with van der Waals surface area (Å²) in [4.78, 5) is 2.12. The molecule has 27 heavy (non-hydrogen) atoms. The molecule has 2 unspecified atom stereocenters. The summed E-state index contributed by atoms with van der Waals surface area (Å²) >= 11 is 0. The van der Waals surface area contributed by atoms with Gasteiger partial charge in [-0.1, -0.05) is 55.5 Å². The second-order valence-electron chi connectivity index (χ2n) is 6.99. The van der Waals surface area contributed by atoms with E-state index in [-0.39, 0.29) is 5.56 Å². The molecule has 2 aromatic carbocycles. The number of nitrogens with zero attached hydrogens (tertiary/aromatic N) is 1. The van der Waals surface area contributed by atoms with E-state index in [4.69, 9.17) is 4.74 Å². The summed E-state index contributed by atoms with van der Waals surface area (Å²) in [7, 11) is 0. The fraction of sp³-hybridized carbons (Fsp3) is 0.429. The lowest BCUT2D eigenvalue weighted by molar-refractivity contribution is -0.141. The zero-order valence-corrected chi connectivity index (χ0v) is 15.2. The van der Waals surface area contributed by atoms with Crippen LogP contribution in [-0.2, 0) is 16.5 Å². The molecule has 1 saturated heterocycles. The number of hydrogen-bond donors (Lipinski definition) is 1. The number of alkyl halides is 3. The topological polar surface area (TPSA) is 32.7 Å². The van der Waals surface area contributed by atoms with E-state index < -0.39 is 23.3 Å². The summed E-state index contributed by atoms with van der Waals surface area (Å²) in [5.41, 5.74) is -2.21. The van der Waals surface area contributed by atoms with Crippen LogP contribution in [0, 0.1) is 5.92 Å². The van der Waals surface area contributed by atoms with Gasteiger partial charge in [0.1, 0.15) is 5.60 Å². The van der Waals surface area contributed by atoms with Crippen LogP contribution in [0.4, 0.5) is 13.2 Å². The van der Waals surface area contributed by atoms with Gasteiger partial charge in [0.15, 0.2) is 0 Å². The first-order valence-corrected chi connectivity index (χ1v) is 9.08. The molecule has 3 rings (SSSR count). The molecule has 1 aliphatic heterocycles. The van der Waals surface area contributed by atoms with Gasteiger partial charge < -0.3 is 9.84 Å². The van der Waals surface area contributed by atoms with Crippen molar-refractivity contribution in [2.45, 2.75) is 18.7 Å². The highest BCUT2D eigenvalue weighted by molar-refractivity contribution is 5.43. The molecular formula is C21H24F3NO2. The molecule has 0 aliphatic carbocycles. The van der Waals surface area contributed by atoms with Crippen LogP contribution in [0.1, 0.15) is 23.6 Å². The second-order valence-corrected chi connectivity index (χ2v) is 6.99. The minimum Gasteiger partial charge on any atom is -0.380 e. The lowest BCUT2D eigenvalue weighted by Gasteiger charge is -2.40. The molecule has 0 bridgehead atoms. The molecule has 1 heterocycles. The Morgan fingerprint density at radius 1 is 0.963 bits per heavy atom. The van der Waals surface area contributed by atoms with Gasteiger partial charge in [0, 0.05) is 31.1 Å². The van der Waals surface area contributed by atoms with Gasteiger partial charge >= 0.3 is 6.18 Å². The molecule has 1 N–H and O–H groups in total. The third-order valence-electron chi connectivity index (χ3n) is 5.21. The minimum absolute atomic E-state index is 0.107. The Bertz CT molecular complexity index is 745. The number of rotatable bonds is 5. The Kier molecular flexibility index (Phi) is 5.89. The van der Waals surface area contributed by atoms with Gasteiger partial charge in [0.25, 0.3) is 0 Å². The van der Waals surface area contributed by atoms with E-state index in [9.17, 15) is 18.3 Å². The van der Waals surface area contributed by atoms with Gasteiger partial charge in [0.05, 0.1) is 18.8 Å². The van der Waals surface area contributed by atoms with Gasteiger partial charge in [-0.2, -0.15) is 13.2 Å². The quantitative estimate of drug-likeness (QED) is 0.855. The van der Waals surface area contributed by atoms with E-state index in [1.807, 2.05) is 0 Å². The highest BCUT2D eigenvalue weighted by Gasteiger charge is 2.45. The number of hydrogen-bond acceptors (Lipinski definition) is 3. The second kappa shape index (κ2) is 8.00. The van der Waals surface area contributed by atoms with Crippen molar-refractivity contribution in [3.05, 3.63) is 71.3 Å². The SMILES string of the molecule is CC(CN1CCOCC1)C(O)(c1ccccc1)c1ccccc1C(F)(F)F. The van der Waals surface area contributed by atoms with E-state index in [1.165, 1.54) is 12.1 Å². The lowest BCUT2D eigenvalue weighted by atomic mass is 9.74. The normalized spacial score (nSPS) is 19.4. The van der Waals surface area contributed by atoms with Crippen LogP contribution >= 0.6 is 0 Å². The highest BCUT2D eigenvalue weighted by atomic mass is 19.4. The summed E-state index contributed by atoms with van der Waals surface area (Å²) in [6.45, 7) is 4.87. The van der Waals surface area contributed by atoms with E-state index in [1.54, 1.807) is 43.3 Å². The average Bonchev–Trinajstić information content (AvgIpc) is 2.68. The maximum Gasteiger partial charge on any atom is 0.416 e. The zero-order valence-electron chi connectivity index (χ0n) is 15.2. The Hall–Kier alpha value is -1.89. The molecule has 2 aromatic rings. The van der Waals surface area contributed by atoms with E-state index >= 15 is 0 Å². The Balaban J connectivity index is 2.07. The predicted molar refractivity (Wildman–Crippen MR) is 97.3 cm³/mol. The summed E-state index contributed by atoms with van der Waals surface area (Å²) in [5, 5.41) is 11.7. The van der Waals surface area contributed by atoms with Crippen LogP contribution in [0.5, 0.6) is 0 Å². The molecule has 0 saturated carbocycles. The van der Waals surface area contributed by atoms with Crippen molar-refractivity contribution in [2.24, 2.45) is 5.92 Å². The molecule has 0 amide bonds. The van der Waals surface area contributed by atoms with Crippen molar-refractivity contribution in [1.29, 1.82) is 0 Å².